The molecule has 0 bridgehead atoms. The van der Waals surface area contributed by atoms with Crippen molar-refractivity contribution in [1.82, 2.24) is 10.1 Å². The second kappa shape index (κ2) is 7.98. The minimum Gasteiger partial charge on any atom is -0.496 e. The van der Waals surface area contributed by atoms with Crippen LogP contribution in [0.15, 0.2) is 77.3 Å². The van der Waals surface area contributed by atoms with Gasteiger partial charge >= 0.3 is 0 Å². The van der Waals surface area contributed by atoms with Gasteiger partial charge in [0, 0.05) is 5.56 Å². The van der Waals surface area contributed by atoms with E-state index in [1.54, 1.807) is 24.3 Å². The molecular formula is C23H19N3O3. The standard InChI is InChI=1S/C23H19N3O3/c1-15-11-13-16(14-12-15)21-25-23(29-26-21)17-7-3-5-9-19(17)24-22(27)18-8-4-6-10-20(18)28-2/h3-14H,1-2H3,(H,24,27). The van der Waals surface area contributed by atoms with E-state index in [9.17, 15) is 4.79 Å². The predicted octanol–water partition coefficient (Wildman–Crippen LogP) is 4.97. The summed E-state index contributed by atoms with van der Waals surface area (Å²) in [6.07, 6.45) is 0. The number of ether oxygens (including phenoxy) is 1. The molecular weight excluding hydrogens is 366 g/mol. The van der Waals surface area contributed by atoms with Gasteiger partial charge in [-0.25, -0.2) is 0 Å². The van der Waals surface area contributed by atoms with Crippen molar-refractivity contribution in [2.75, 3.05) is 12.4 Å². The lowest BCUT2D eigenvalue weighted by molar-refractivity contribution is 0.102. The van der Waals surface area contributed by atoms with Gasteiger partial charge < -0.3 is 14.6 Å². The SMILES string of the molecule is COc1ccccc1C(=O)Nc1ccccc1-c1nc(-c2ccc(C)cc2)no1. The van der Waals surface area contributed by atoms with E-state index in [2.05, 4.69) is 15.5 Å². The Hall–Kier alpha value is -3.93. The molecule has 0 radical (unpaired) electrons. The Bertz CT molecular complexity index is 1150. The number of hydrogen-bond donors (Lipinski definition) is 1. The number of nitrogens with one attached hydrogen (secondary N) is 1. The molecule has 1 amide bonds. The average Bonchev–Trinajstić information content (AvgIpc) is 3.24. The lowest BCUT2D eigenvalue weighted by Crippen LogP contribution is -2.13. The van der Waals surface area contributed by atoms with Gasteiger partial charge in [0.05, 0.1) is 23.9 Å². The molecule has 0 saturated heterocycles. The van der Waals surface area contributed by atoms with E-state index in [1.165, 1.54) is 7.11 Å². The van der Waals surface area contributed by atoms with E-state index < -0.39 is 0 Å². The molecule has 6 nitrogen and oxygen atoms in total. The predicted molar refractivity (Wildman–Crippen MR) is 111 cm³/mol. The lowest BCUT2D eigenvalue weighted by Gasteiger charge is -2.11. The van der Waals surface area contributed by atoms with Gasteiger partial charge in [-0.2, -0.15) is 4.98 Å². The monoisotopic (exact) mass is 385 g/mol. The molecule has 0 fully saturated rings. The number of benzene rings is 3. The van der Waals surface area contributed by atoms with Crippen molar-refractivity contribution in [2.24, 2.45) is 0 Å². The largest absolute Gasteiger partial charge is 0.496 e. The van der Waals surface area contributed by atoms with Crippen LogP contribution in [0.3, 0.4) is 0 Å². The summed E-state index contributed by atoms with van der Waals surface area (Å²) in [5.74, 6) is 1.04. The lowest BCUT2D eigenvalue weighted by atomic mass is 10.1. The zero-order valence-electron chi connectivity index (χ0n) is 16.0. The Labute approximate surface area is 168 Å². The summed E-state index contributed by atoms with van der Waals surface area (Å²) in [7, 11) is 1.53. The number of amides is 1. The molecule has 0 unspecified atom stereocenters. The topological polar surface area (TPSA) is 77.2 Å². The van der Waals surface area contributed by atoms with Crippen molar-refractivity contribution >= 4 is 11.6 Å². The summed E-state index contributed by atoms with van der Waals surface area (Å²) >= 11 is 0. The van der Waals surface area contributed by atoms with Crippen LogP contribution in [0.5, 0.6) is 5.75 Å². The number of carbonyl (C=O) groups excluding carboxylic acids is 1. The fourth-order valence-electron chi connectivity index (χ4n) is 2.95. The molecule has 3 aromatic carbocycles. The van der Waals surface area contributed by atoms with Crippen LogP contribution in [0.4, 0.5) is 5.69 Å². The fraction of sp³-hybridized carbons (Fsp3) is 0.0870. The molecule has 0 spiro atoms. The van der Waals surface area contributed by atoms with Crippen LogP contribution < -0.4 is 10.1 Å². The smallest absolute Gasteiger partial charge is 0.260 e. The summed E-state index contributed by atoms with van der Waals surface area (Å²) in [5.41, 5.74) is 3.67. The molecule has 0 atom stereocenters. The highest BCUT2D eigenvalue weighted by Gasteiger charge is 2.17. The zero-order chi connectivity index (χ0) is 20.2. The van der Waals surface area contributed by atoms with Crippen molar-refractivity contribution in [1.29, 1.82) is 0 Å². The zero-order valence-corrected chi connectivity index (χ0v) is 16.0. The Morgan fingerprint density at radius 1 is 0.966 bits per heavy atom. The first-order valence-electron chi connectivity index (χ1n) is 9.10. The highest BCUT2D eigenvalue weighted by atomic mass is 16.5. The molecule has 4 rings (SSSR count). The van der Waals surface area contributed by atoms with Gasteiger partial charge in [0.25, 0.3) is 11.8 Å². The van der Waals surface area contributed by atoms with Gasteiger partial charge in [0.2, 0.25) is 5.82 Å². The molecule has 6 heteroatoms. The molecule has 0 aliphatic heterocycles. The quantitative estimate of drug-likeness (QED) is 0.525. The Morgan fingerprint density at radius 2 is 1.69 bits per heavy atom. The molecule has 144 valence electrons. The van der Waals surface area contributed by atoms with Crippen molar-refractivity contribution in [3.05, 3.63) is 83.9 Å². The fourth-order valence-corrected chi connectivity index (χ4v) is 2.95. The summed E-state index contributed by atoms with van der Waals surface area (Å²) in [6.45, 7) is 2.02. The average molecular weight is 385 g/mol. The van der Waals surface area contributed by atoms with Crippen LogP contribution in [0.2, 0.25) is 0 Å². The number of rotatable bonds is 5. The Balaban J connectivity index is 1.64. The third-order valence-corrected chi connectivity index (χ3v) is 4.49. The highest BCUT2D eigenvalue weighted by molar-refractivity contribution is 6.07. The van der Waals surface area contributed by atoms with E-state index in [0.29, 0.717) is 34.3 Å². The normalized spacial score (nSPS) is 10.6. The van der Waals surface area contributed by atoms with Gasteiger partial charge in [-0.3, -0.25) is 4.79 Å². The van der Waals surface area contributed by atoms with Crippen molar-refractivity contribution in [3.63, 3.8) is 0 Å². The van der Waals surface area contributed by atoms with Gasteiger partial charge in [0.15, 0.2) is 0 Å². The molecule has 0 aliphatic rings. The molecule has 1 N–H and O–H groups in total. The van der Waals surface area contributed by atoms with E-state index in [-0.39, 0.29) is 5.91 Å². The first-order chi connectivity index (χ1) is 14.2. The summed E-state index contributed by atoms with van der Waals surface area (Å²) in [5, 5.41) is 6.99. The summed E-state index contributed by atoms with van der Waals surface area (Å²) in [4.78, 5) is 17.3. The number of methoxy groups -OCH3 is 1. The van der Waals surface area contributed by atoms with Crippen LogP contribution in [0.1, 0.15) is 15.9 Å². The van der Waals surface area contributed by atoms with E-state index in [0.717, 1.165) is 11.1 Å². The maximum atomic E-state index is 12.8. The van der Waals surface area contributed by atoms with Crippen molar-refractivity contribution in [3.8, 4) is 28.6 Å². The second-order valence-corrected chi connectivity index (χ2v) is 6.49. The number of aromatic nitrogens is 2. The number of anilines is 1. The van der Waals surface area contributed by atoms with Crippen LogP contribution in [-0.2, 0) is 0 Å². The van der Waals surface area contributed by atoms with Crippen LogP contribution in [0, 0.1) is 6.92 Å². The highest BCUT2D eigenvalue weighted by Crippen LogP contribution is 2.29. The Morgan fingerprint density at radius 3 is 2.48 bits per heavy atom. The van der Waals surface area contributed by atoms with E-state index >= 15 is 0 Å². The second-order valence-electron chi connectivity index (χ2n) is 6.49. The van der Waals surface area contributed by atoms with Crippen LogP contribution in [-0.4, -0.2) is 23.2 Å². The third-order valence-electron chi connectivity index (χ3n) is 4.49. The summed E-state index contributed by atoms with van der Waals surface area (Å²) in [6, 6.07) is 22.2. The van der Waals surface area contributed by atoms with Gasteiger partial charge in [-0.05, 0) is 31.2 Å². The molecule has 0 aliphatic carbocycles. The molecule has 1 heterocycles. The third kappa shape index (κ3) is 3.87. The first-order valence-corrected chi connectivity index (χ1v) is 9.10. The number of nitrogens with zero attached hydrogens (tertiary/aromatic N) is 2. The molecule has 1 aromatic heterocycles. The van der Waals surface area contributed by atoms with Gasteiger partial charge in [0.1, 0.15) is 5.75 Å². The van der Waals surface area contributed by atoms with Crippen LogP contribution in [0.25, 0.3) is 22.8 Å². The number of hydrogen-bond acceptors (Lipinski definition) is 5. The summed E-state index contributed by atoms with van der Waals surface area (Å²) < 4.78 is 10.7. The van der Waals surface area contributed by atoms with Crippen molar-refractivity contribution < 1.29 is 14.1 Å². The number of aryl methyl sites for hydroxylation is 1. The van der Waals surface area contributed by atoms with Crippen molar-refractivity contribution in [2.45, 2.75) is 6.92 Å². The van der Waals surface area contributed by atoms with Crippen LogP contribution >= 0.6 is 0 Å². The minimum absolute atomic E-state index is 0.284. The first kappa shape index (κ1) is 18.4. The molecule has 4 aromatic rings. The molecule has 0 saturated carbocycles. The molecule has 29 heavy (non-hydrogen) atoms. The maximum Gasteiger partial charge on any atom is 0.260 e. The Kier molecular flexibility index (Phi) is 5.07. The van der Waals surface area contributed by atoms with E-state index in [1.807, 2.05) is 55.5 Å². The number of carbonyl (C=O) groups is 1. The maximum absolute atomic E-state index is 12.8. The minimum atomic E-state index is -0.284. The van der Waals surface area contributed by atoms with Gasteiger partial charge in [-0.15, -0.1) is 0 Å². The number of para-hydroxylation sites is 2. The van der Waals surface area contributed by atoms with E-state index in [4.69, 9.17) is 9.26 Å². The van der Waals surface area contributed by atoms with Gasteiger partial charge in [-0.1, -0.05) is 59.3 Å².